The van der Waals surface area contributed by atoms with Gasteiger partial charge in [0.05, 0.1) is 26.5 Å². The highest BCUT2D eigenvalue weighted by Crippen LogP contribution is 2.29. The fraction of sp³-hybridized carbons (Fsp3) is 0.158. The summed E-state index contributed by atoms with van der Waals surface area (Å²) in [6.45, 7) is 0.208. The van der Waals surface area contributed by atoms with Gasteiger partial charge in [0.25, 0.3) is 0 Å². The van der Waals surface area contributed by atoms with Crippen molar-refractivity contribution in [2.75, 3.05) is 24.9 Å². The molecule has 1 heterocycles. The highest BCUT2D eigenvalue weighted by Gasteiger charge is 2.10. The molecule has 3 rings (SSSR count). The number of rotatable bonds is 6. The van der Waals surface area contributed by atoms with Crippen molar-refractivity contribution >= 4 is 40.4 Å². The van der Waals surface area contributed by atoms with Crippen molar-refractivity contribution < 1.29 is 13.9 Å². The van der Waals surface area contributed by atoms with Crippen LogP contribution in [0.25, 0.3) is 0 Å². The molecule has 0 unspecified atom stereocenters. The number of thiocarbonyl (C=S) groups is 1. The van der Waals surface area contributed by atoms with E-state index >= 15 is 0 Å². The number of benzene rings is 2. The van der Waals surface area contributed by atoms with Crippen LogP contribution < -0.4 is 20.1 Å². The number of nitrogens with one attached hydrogen (secondary N) is 2. The molecule has 0 aliphatic rings. The average molecular weight is 421 g/mol. The molecule has 0 fully saturated rings. The molecule has 2 N–H and O–H groups in total. The van der Waals surface area contributed by atoms with E-state index in [0.717, 1.165) is 0 Å². The van der Waals surface area contributed by atoms with Crippen LogP contribution >= 0.6 is 23.8 Å². The zero-order valence-electron chi connectivity index (χ0n) is 15.2. The maximum absolute atomic E-state index is 13.9. The van der Waals surface area contributed by atoms with Gasteiger partial charge >= 0.3 is 0 Å². The average Bonchev–Trinajstić information content (AvgIpc) is 3.12. The van der Waals surface area contributed by atoms with Crippen LogP contribution in [0.5, 0.6) is 11.5 Å². The lowest BCUT2D eigenvalue weighted by molar-refractivity contribution is 0.395. The van der Waals surface area contributed by atoms with Crippen LogP contribution in [0.2, 0.25) is 5.02 Å². The monoisotopic (exact) mass is 420 g/mol. The van der Waals surface area contributed by atoms with E-state index in [0.29, 0.717) is 38.7 Å². The van der Waals surface area contributed by atoms with Gasteiger partial charge in [0.15, 0.2) is 10.9 Å². The third-order valence-electron chi connectivity index (χ3n) is 3.92. The van der Waals surface area contributed by atoms with Crippen molar-refractivity contribution in [1.29, 1.82) is 0 Å². The Hall–Kier alpha value is -2.84. The van der Waals surface area contributed by atoms with Gasteiger partial charge in [-0.05, 0) is 36.5 Å². The zero-order valence-corrected chi connectivity index (χ0v) is 16.8. The second-order valence-corrected chi connectivity index (χ2v) is 6.56. The standard InChI is InChI=1S/C19H18ClFN4O2S/c1-26-12-6-7-16(17(10-12)27-2)22-19(28)23-18-8-9-25(24-18)11-13-14(20)4-3-5-15(13)21/h3-10H,11H2,1-2H3,(H2,22,23,24,28). The minimum atomic E-state index is -0.374. The van der Waals surface area contributed by atoms with Gasteiger partial charge in [0.2, 0.25) is 0 Å². The van der Waals surface area contributed by atoms with Gasteiger partial charge in [-0.2, -0.15) is 5.10 Å². The number of methoxy groups -OCH3 is 2. The smallest absolute Gasteiger partial charge is 0.176 e. The number of hydrogen-bond acceptors (Lipinski definition) is 4. The Balaban J connectivity index is 1.66. The van der Waals surface area contributed by atoms with Gasteiger partial charge in [0, 0.05) is 28.9 Å². The normalized spacial score (nSPS) is 10.4. The molecule has 0 saturated heterocycles. The Morgan fingerprint density at radius 2 is 2.00 bits per heavy atom. The topological polar surface area (TPSA) is 60.3 Å². The molecule has 0 saturated carbocycles. The highest BCUT2D eigenvalue weighted by molar-refractivity contribution is 7.80. The Bertz CT molecular complexity index is 976. The van der Waals surface area contributed by atoms with Crippen LogP contribution in [0, 0.1) is 5.82 Å². The maximum Gasteiger partial charge on any atom is 0.176 e. The molecule has 1 aromatic heterocycles. The molecule has 6 nitrogen and oxygen atoms in total. The number of aromatic nitrogens is 2. The van der Waals surface area contributed by atoms with Gasteiger partial charge in [-0.3, -0.25) is 4.68 Å². The van der Waals surface area contributed by atoms with Crippen LogP contribution in [0.15, 0.2) is 48.7 Å². The summed E-state index contributed by atoms with van der Waals surface area (Å²) >= 11 is 11.4. The molecule has 146 valence electrons. The number of hydrogen-bond donors (Lipinski definition) is 2. The van der Waals surface area contributed by atoms with Crippen molar-refractivity contribution in [3.8, 4) is 11.5 Å². The number of halogens is 2. The SMILES string of the molecule is COc1ccc(NC(=S)Nc2ccn(Cc3c(F)cccc3Cl)n2)c(OC)c1. The number of nitrogens with zero attached hydrogens (tertiary/aromatic N) is 2. The van der Waals surface area contributed by atoms with Gasteiger partial charge < -0.3 is 20.1 Å². The zero-order chi connectivity index (χ0) is 20.1. The van der Waals surface area contributed by atoms with E-state index in [2.05, 4.69) is 15.7 Å². The van der Waals surface area contributed by atoms with Gasteiger partial charge in [-0.25, -0.2) is 4.39 Å². The first kappa shape index (κ1) is 19.9. The van der Waals surface area contributed by atoms with E-state index in [1.54, 1.807) is 61.5 Å². The first-order valence-electron chi connectivity index (χ1n) is 8.26. The molecule has 9 heteroatoms. The summed E-state index contributed by atoms with van der Waals surface area (Å²) in [6.07, 6.45) is 1.71. The fourth-order valence-electron chi connectivity index (χ4n) is 2.53. The van der Waals surface area contributed by atoms with Gasteiger partial charge in [-0.1, -0.05) is 17.7 Å². The van der Waals surface area contributed by atoms with Crippen molar-refractivity contribution in [2.45, 2.75) is 6.54 Å². The number of ether oxygens (including phenoxy) is 2. The van der Waals surface area contributed by atoms with E-state index in [9.17, 15) is 4.39 Å². The Labute approximate surface area is 172 Å². The minimum Gasteiger partial charge on any atom is -0.497 e. The van der Waals surface area contributed by atoms with Crippen molar-refractivity contribution in [2.24, 2.45) is 0 Å². The quantitative estimate of drug-likeness (QED) is 0.570. The molecule has 0 radical (unpaired) electrons. The van der Waals surface area contributed by atoms with E-state index < -0.39 is 0 Å². The van der Waals surface area contributed by atoms with Crippen molar-refractivity contribution in [3.63, 3.8) is 0 Å². The lowest BCUT2D eigenvalue weighted by atomic mass is 10.2. The van der Waals surface area contributed by atoms with Crippen LogP contribution in [0.1, 0.15) is 5.56 Å². The first-order valence-corrected chi connectivity index (χ1v) is 9.05. The van der Waals surface area contributed by atoms with Crippen LogP contribution in [0.3, 0.4) is 0 Å². The molecular formula is C19H18ClFN4O2S. The van der Waals surface area contributed by atoms with Crippen molar-refractivity contribution in [1.82, 2.24) is 9.78 Å². The van der Waals surface area contributed by atoms with E-state index in [1.165, 1.54) is 6.07 Å². The summed E-state index contributed by atoms with van der Waals surface area (Å²) in [7, 11) is 3.14. The van der Waals surface area contributed by atoms with Gasteiger partial charge in [-0.15, -0.1) is 0 Å². The Morgan fingerprint density at radius 1 is 1.18 bits per heavy atom. The molecule has 0 bridgehead atoms. The molecule has 0 amide bonds. The Kier molecular flexibility index (Phi) is 6.33. The first-order chi connectivity index (χ1) is 13.5. The lowest BCUT2D eigenvalue weighted by Gasteiger charge is -2.13. The second-order valence-electron chi connectivity index (χ2n) is 5.74. The highest BCUT2D eigenvalue weighted by atomic mass is 35.5. The summed E-state index contributed by atoms with van der Waals surface area (Å²) in [6, 6.07) is 11.6. The van der Waals surface area contributed by atoms with E-state index in [-0.39, 0.29) is 12.4 Å². The molecule has 0 atom stereocenters. The third kappa shape index (κ3) is 4.71. The predicted octanol–water partition coefficient (Wildman–Crippen LogP) is 4.55. The largest absolute Gasteiger partial charge is 0.497 e. The molecule has 0 aliphatic heterocycles. The third-order valence-corrected chi connectivity index (χ3v) is 4.48. The van der Waals surface area contributed by atoms with E-state index in [1.807, 2.05) is 0 Å². The summed E-state index contributed by atoms with van der Waals surface area (Å²) in [4.78, 5) is 0. The van der Waals surface area contributed by atoms with Crippen LogP contribution in [0.4, 0.5) is 15.9 Å². The second kappa shape index (κ2) is 8.90. The molecule has 28 heavy (non-hydrogen) atoms. The molecule has 2 aromatic carbocycles. The molecule has 0 spiro atoms. The van der Waals surface area contributed by atoms with E-state index in [4.69, 9.17) is 33.3 Å². The Morgan fingerprint density at radius 3 is 2.71 bits per heavy atom. The predicted molar refractivity (Wildman–Crippen MR) is 112 cm³/mol. The molecule has 0 aliphatic carbocycles. The van der Waals surface area contributed by atoms with Gasteiger partial charge in [0.1, 0.15) is 17.3 Å². The maximum atomic E-state index is 13.9. The fourth-order valence-corrected chi connectivity index (χ4v) is 2.97. The summed E-state index contributed by atoms with van der Waals surface area (Å²) in [5, 5.41) is 11.1. The lowest BCUT2D eigenvalue weighted by Crippen LogP contribution is -2.20. The summed E-state index contributed by atoms with van der Waals surface area (Å²) < 4.78 is 26.0. The summed E-state index contributed by atoms with van der Waals surface area (Å²) in [5.74, 6) is 1.40. The number of anilines is 2. The van der Waals surface area contributed by atoms with Crippen molar-refractivity contribution in [3.05, 3.63) is 65.1 Å². The minimum absolute atomic E-state index is 0.208. The molecule has 3 aromatic rings. The van der Waals surface area contributed by atoms with Crippen LogP contribution in [-0.4, -0.2) is 29.1 Å². The molecular weight excluding hydrogens is 403 g/mol. The summed E-state index contributed by atoms with van der Waals surface area (Å²) in [5.41, 5.74) is 1.06. The van der Waals surface area contributed by atoms with Crippen LogP contribution in [-0.2, 0) is 6.54 Å².